The quantitative estimate of drug-likeness (QED) is 0.537. The summed E-state index contributed by atoms with van der Waals surface area (Å²) in [6, 6.07) is 0. The fourth-order valence-corrected chi connectivity index (χ4v) is 4.82. The van der Waals surface area contributed by atoms with Crippen LogP contribution in [0.25, 0.3) is 26.1 Å². The van der Waals surface area contributed by atoms with Gasteiger partial charge in [0, 0.05) is 11.1 Å². The molecule has 23 heavy (non-hydrogen) atoms. The lowest BCUT2D eigenvalue weighted by molar-refractivity contribution is 0.667. The topological polar surface area (TPSA) is 68.9 Å². The van der Waals surface area contributed by atoms with E-state index in [1.165, 1.54) is 35.0 Å². The van der Waals surface area contributed by atoms with Crippen LogP contribution in [0.1, 0.15) is 49.4 Å². The number of thiophene rings is 1. The van der Waals surface area contributed by atoms with Crippen LogP contribution in [0, 0.1) is 0 Å². The van der Waals surface area contributed by atoms with Gasteiger partial charge >= 0.3 is 0 Å². The second-order valence-electron chi connectivity index (χ2n) is 6.47. The van der Waals surface area contributed by atoms with Gasteiger partial charge in [-0.3, -0.25) is 0 Å². The number of aromatic nitrogens is 6. The van der Waals surface area contributed by atoms with Gasteiger partial charge in [0.15, 0.2) is 5.65 Å². The van der Waals surface area contributed by atoms with E-state index in [0.717, 1.165) is 33.5 Å². The number of rotatable bonds is 1. The minimum atomic E-state index is 0.444. The SMILES string of the molecule is CC(C)c1nc2sc3c(ncn4nnnc34)c2c2c1CCCC2. The highest BCUT2D eigenvalue weighted by Gasteiger charge is 2.24. The van der Waals surface area contributed by atoms with Gasteiger partial charge in [0.2, 0.25) is 0 Å². The van der Waals surface area contributed by atoms with Gasteiger partial charge in [-0.25, -0.2) is 9.97 Å². The molecule has 4 aromatic rings. The fraction of sp³-hybridized carbons (Fsp3) is 0.438. The number of hydrogen-bond donors (Lipinski definition) is 0. The number of aryl methyl sites for hydroxylation is 1. The second-order valence-corrected chi connectivity index (χ2v) is 7.47. The van der Waals surface area contributed by atoms with Gasteiger partial charge in [0.05, 0.1) is 5.52 Å². The molecule has 0 aliphatic heterocycles. The number of pyridine rings is 1. The molecule has 0 bridgehead atoms. The zero-order chi connectivity index (χ0) is 15.6. The zero-order valence-electron chi connectivity index (χ0n) is 13.1. The molecule has 5 rings (SSSR count). The Bertz CT molecular complexity index is 1060. The molecule has 6 nitrogen and oxygen atoms in total. The molecule has 4 aromatic heterocycles. The van der Waals surface area contributed by atoms with E-state index in [2.05, 4.69) is 34.4 Å². The first-order chi connectivity index (χ1) is 11.2. The maximum atomic E-state index is 5.02. The first kappa shape index (κ1) is 13.3. The third-order valence-electron chi connectivity index (χ3n) is 4.70. The van der Waals surface area contributed by atoms with Gasteiger partial charge in [-0.2, -0.15) is 4.52 Å². The Morgan fingerprint density at radius 2 is 2.00 bits per heavy atom. The van der Waals surface area contributed by atoms with Crippen molar-refractivity contribution in [2.75, 3.05) is 0 Å². The predicted molar refractivity (Wildman–Crippen MR) is 90.0 cm³/mol. The van der Waals surface area contributed by atoms with Gasteiger partial charge in [0.25, 0.3) is 0 Å². The van der Waals surface area contributed by atoms with Crippen molar-refractivity contribution in [3.8, 4) is 0 Å². The summed E-state index contributed by atoms with van der Waals surface area (Å²) < 4.78 is 2.67. The lowest BCUT2D eigenvalue weighted by atomic mass is 9.86. The van der Waals surface area contributed by atoms with Crippen molar-refractivity contribution >= 4 is 37.4 Å². The summed E-state index contributed by atoms with van der Waals surface area (Å²) in [7, 11) is 0. The molecule has 0 amide bonds. The molecule has 0 fully saturated rings. The minimum Gasteiger partial charge on any atom is -0.241 e. The van der Waals surface area contributed by atoms with Crippen LogP contribution in [-0.2, 0) is 12.8 Å². The highest BCUT2D eigenvalue weighted by Crippen LogP contribution is 2.40. The Labute approximate surface area is 136 Å². The minimum absolute atomic E-state index is 0.444. The third kappa shape index (κ3) is 1.77. The Morgan fingerprint density at radius 1 is 1.17 bits per heavy atom. The highest BCUT2D eigenvalue weighted by molar-refractivity contribution is 7.26. The maximum absolute atomic E-state index is 5.02. The van der Waals surface area contributed by atoms with E-state index in [1.807, 2.05) is 0 Å². The summed E-state index contributed by atoms with van der Waals surface area (Å²) in [6.07, 6.45) is 6.47. The molecule has 0 N–H and O–H groups in total. The molecule has 0 saturated carbocycles. The number of tetrazole rings is 1. The second kappa shape index (κ2) is 4.67. The van der Waals surface area contributed by atoms with Gasteiger partial charge in [-0.15, -0.1) is 16.4 Å². The Balaban J connectivity index is 1.98. The average Bonchev–Trinajstić information content (AvgIpc) is 3.17. The summed E-state index contributed by atoms with van der Waals surface area (Å²) in [5, 5.41) is 13.1. The van der Waals surface area contributed by atoms with E-state index in [1.54, 1.807) is 22.2 Å². The molecule has 116 valence electrons. The van der Waals surface area contributed by atoms with E-state index < -0.39 is 0 Å². The number of nitrogens with zero attached hydrogens (tertiary/aromatic N) is 6. The van der Waals surface area contributed by atoms with E-state index in [0.29, 0.717) is 5.92 Å². The van der Waals surface area contributed by atoms with E-state index in [-0.39, 0.29) is 0 Å². The van der Waals surface area contributed by atoms with Crippen LogP contribution < -0.4 is 0 Å². The lowest BCUT2D eigenvalue weighted by Crippen LogP contribution is -2.10. The van der Waals surface area contributed by atoms with Crippen molar-refractivity contribution in [1.82, 2.24) is 30.0 Å². The van der Waals surface area contributed by atoms with Gasteiger partial charge < -0.3 is 0 Å². The van der Waals surface area contributed by atoms with Crippen LogP contribution >= 0.6 is 11.3 Å². The summed E-state index contributed by atoms with van der Waals surface area (Å²) >= 11 is 1.66. The van der Waals surface area contributed by atoms with Crippen molar-refractivity contribution in [3.05, 3.63) is 23.1 Å². The van der Waals surface area contributed by atoms with Crippen molar-refractivity contribution in [3.63, 3.8) is 0 Å². The van der Waals surface area contributed by atoms with Gasteiger partial charge in [0.1, 0.15) is 15.9 Å². The van der Waals surface area contributed by atoms with Crippen LogP contribution in [0.4, 0.5) is 0 Å². The van der Waals surface area contributed by atoms with Gasteiger partial charge in [-0.1, -0.05) is 13.8 Å². The van der Waals surface area contributed by atoms with E-state index in [4.69, 9.17) is 4.98 Å². The Morgan fingerprint density at radius 3 is 2.83 bits per heavy atom. The molecule has 0 spiro atoms. The molecule has 1 aliphatic carbocycles. The molecule has 0 unspecified atom stereocenters. The standard InChI is InChI=1S/C16H16N6S/c1-8(2)12-10-6-4-3-5-9(10)11-13-14(23-16(11)18-12)15-19-20-21-22(15)7-17-13/h7-8H,3-6H2,1-2H3. The monoisotopic (exact) mass is 324 g/mol. The van der Waals surface area contributed by atoms with Gasteiger partial charge in [-0.05, 0) is 53.2 Å². The van der Waals surface area contributed by atoms with Crippen molar-refractivity contribution in [2.45, 2.75) is 45.4 Å². The first-order valence-electron chi connectivity index (χ1n) is 8.04. The first-order valence-corrected chi connectivity index (χ1v) is 8.86. The smallest absolute Gasteiger partial charge is 0.200 e. The van der Waals surface area contributed by atoms with Crippen LogP contribution in [0.15, 0.2) is 6.33 Å². The molecule has 0 saturated heterocycles. The van der Waals surface area contributed by atoms with Crippen molar-refractivity contribution < 1.29 is 0 Å². The van der Waals surface area contributed by atoms with Crippen LogP contribution in [0.3, 0.4) is 0 Å². The summed E-state index contributed by atoms with van der Waals surface area (Å²) in [4.78, 5) is 10.7. The lowest BCUT2D eigenvalue weighted by Gasteiger charge is -2.21. The summed E-state index contributed by atoms with van der Waals surface area (Å²) in [5.41, 5.74) is 5.96. The van der Waals surface area contributed by atoms with Crippen LogP contribution in [0.2, 0.25) is 0 Å². The molecule has 4 heterocycles. The van der Waals surface area contributed by atoms with E-state index in [9.17, 15) is 0 Å². The van der Waals surface area contributed by atoms with Crippen molar-refractivity contribution in [1.29, 1.82) is 0 Å². The van der Waals surface area contributed by atoms with Crippen LogP contribution in [-0.4, -0.2) is 30.0 Å². The third-order valence-corrected chi connectivity index (χ3v) is 5.77. The molecular formula is C16H16N6S. The average molecular weight is 324 g/mol. The Hall–Kier alpha value is -2.15. The maximum Gasteiger partial charge on any atom is 0.200 e. The van der Waals surface area contributed by atoms with Crippen LogP contribution in [0.5, 0.6) is 0 Å². The van der Waals surface area contributed by atoms with E-state index >= 15 is 0 Å². The number of hydrogen-bond acceptors (Lipinski definition) is 6. The van der Waals surface area contributed by atoms with Crippen molar-refractivity contribution in [2.24, 2.45) is 0 Å². The molecule has 0 aromatic carbocycles. The number of fused-ring (bicyclic) bond motifs is 7. The summed E-state index contributed by atoms with van der Waals surface area (Å²) in [6.45, 7) is 4.46. The highest BCUT2D eigenvalue weighted by atomic mass is 32.1. The normalized spacial score (nSPS) is 15.1. The zero-order valence-corrected chi connectivity index (χ0v) is 13.9. The summed E-state index contributed by atoms with van der Waals surface area (Å²) in [5.74, 6) is 0.444. The fourth-order valence-electron chi connectivity index (χ4n) is 3.69. The predicted octanol–water partition coefficient (Wildman–Crippen LogP) is 3.28. The Kier molecular flexibility index (Phi) is 2.70. The molecule has 0 atom stereocenters. The molecule has 0 radical (unpaired) electrons. The largest absolute Gasteiger partial charge is 0.241 e. The molecule has 1 aliphatic rings. The molecule has 7 heteroatoms. The molecular weight excluding hydrogens is 308 g/mol.